The number of aliphatic hydroxyl groups excluding tert-OH is 2. The van der Waals surface area contributed by atoms with E-state index in [4.69, 9.17) is 11.2 Å². The summed E-state index contributed by atoms with van der Waals surface area (Å²) in [5.74, 6) is 2.23. The Balaban J connectivity index is 2.43. The van der Waals surface area contributed by atoms with Crippen molar-refractivity contribution < 1.29 is 14.9 Å². The molecule has 0 spiro atoms. The fourth-order valence-corrected chi connectivity index (χ4v) is 2.23. The highest BCUT2D eigenvalue weighted by molar-refractivity contribution is 5.16. The van der Waals surface area contributed by atoms with E-state index in [0.717, 1.165) is 0 Å². The molecule has 0 radical (unpaired) electrons. The van der Waals surface area contributed by atoms with Gasteiger partial charge in [-0.25, -0.2) is 4.79 Å². The van der Waals surface area contributed by atoms with Crippen LogP contribution in [0.25, 0.3) is 0 Å². The summed E-state index contributed by atoms with van der Waals surface area (Å²) in [7, 11) is 0. The number of aryl methyl sites for hydroxylation is 1. The van der Waals surface area contributed by atoms with Gasteiger partial charge in [0, 0.05) is 18.2 Å². The molecule has 1 saturated heterocycles. The maximum atomic E-state index is 11.8. The van der Waals surface area contributed by atoms with E-state index in [1.807, 2.05) is 0 Å². The molecule has 0 unspecified atom stereocenters. The highest BCUT2D eigenvalue weighted by Crippen LogP contribution is 2.35. The van der Waals surface area contributed by atoms with E-state index in [1.54, 1.807) is 6.92 Å². The van der Waals surface area contributed by atoms with Gasteiger partial charge in [0.25, 0.3) is 5.56 Å². The number of ether oxygens (including phenoxy) is 1. The molecule has 3 atom stereocenters. The zero-order chi connectivity index (χ0) is 14.9. The first-order valence-electron chi connectivity index (χ1n) is 6.26. The van der Waals surface area contributed by atoms with E-state index >= 15 is 0 Å². The van der Waals surface area contributed by atoms with Crippen molar-refractivity contribution in [3.8, 4) is 12.3 Å². The zero-order valence-electron chi connectivity index (χ0n) is 11.0. The van der Waals surface area contributed by atoms with E-state index in [9.17, 15) is 19.8 Å². The van der Waals surface area contributed by atoms with E-state index in [2.05, 4.69) is 10.9 Å². The van der Waals surface area contributed by atoms with Gasteiger partial charge in [-0.2, -0.15) is 0 Å². The third-order valence-electron chi connectivity index (χ3n) is 3.52. The third-order valence-corrected chi connectivity index (χ3v) is 3.52. The molecule has 108 valence electrons. The Morgan fingerprint density at radius 1 is 1.65 bits per heavy atom. The minimum atomic E-state index is -1.52. The van der Waals surface area contributed by atoms with Crippen molar-refractivity contribution in [2.24, 2.45) is 0 Å². The number of nitrogens with zero attached hydrogens (tertiary/aromatic N) is 1. The number of H-pyrrole nitrogens is 1. The van der Waals surface area contributed by atoms with Gasteiger partial charge in [0.05, 0.1) is 6.61 Å². The lowest BCUT2D eigenvalue weighted by molar-refractivity contribution is -0.0913. The molecule has 0 aliphatic carbocycles. The standard InChI is InChI=1S/C13H16N2O5/c1-3-8-6-15(12(19)14-11(8)18)10-5-9(17)13(4-2,7-16)20-10/h2,6,9-10,16-17H,3,5,7H2,1H3,(H,14,18,19)/t9-,10+,13+/m0/s1. The number of hydrogen-bond acceptors (Lipinski definition) is 5. The van der Waals surface area contributed by atoms with Crippen LogP contribution in [0.5, 0.6) is 0 Å². The summed E-state index contributed by atoms with van der Waals surface area (Å²) in [6, 6.07) is 0. The first kappa shape index (κ1) is 14.5. The molecule has 0 aromatic carbocycles. The van der Waals surface area contributed by atoms with E-state index < -0.39 is 35.8 Å². The Labute approximate surface area is 114 Å². The number of terminal acetylenes is 1. The lowest BCUT2D eigenvalue weighted by Crippen LogP contribution is -2.41. The van der Waals surface area contributed by atoms with Crippen LogP contribution >= 0.6 is 0 Å². The van der Waals surface area contributed by atoms with E-state index in [1.165, 1.54) is 10.8 Å². The lowest BCUT2D eigenvalue weighted by Gasteiger charge is -2.23. The summed E-state index contributed by atoms with van der Waals surface area (Å²) in [4.78, 5) is 25.5. The molecule has 1 aliphatic heterocycles. The molecule has 0 bridgehead atoms. The Morgan fingerprint density at radius 2 is 2.35 bits per heavy atom. The summed E-state index contributed by atoms with van der Waals surface area (Å²) < 4.78 is 6.65. The van der Waals surface area contributed by atoms with Crippen LogP contribution < -0.4 is 11.2 Å². The number of nitrogens with one attached hydrogen (secondary N) is 1. The summed E-state index contributed by atoms with van der Waals surface area (Å²) in [6.45, 7) is 1.23. The van der Waals surface area contributed by atoms with Crippen LogP contribution in [0.2, 0.25) is 0 Å². The second-order valence-electron chi connectivity index (χ2n) is 4.69. The maximum Gasteiger partial charge on any atom is 0.330 e. The second kappa shape index (κ2) is 5.25. The van der Waals surface area contributed by atoms with Crippen molar-refractivity contribution in [3.05, 3.63) is 32.6 Å². The predicted octanol–water partition coefficient (Wildman–Crippen LogP) is -1.26. The molecule has 7 heteroatoms. The molecule has 0 amide bonds. The summed E-state index contributed by atoms with van der Waals surface area (Å²) in [5, 5.41) is 19.2. The van der Waals surface area contributed by atoms with Gasteiger partial charge in [0.1, 0.15) is 12.3 Å². The minimum Gasteiger partial charge on any atom is -0.392 e. The van der Waals surface area contributed by atoms with E-state index in [0.29, 0.717) is 12.0 Å². The van der Waals surface area contributed by atoms with Crippen molar-refractivity contribution in [2.45, 2.75) is 37.7 Å². The summed E-state index contributed by atoms with van der Waals surface area (Å²) in [5.41, 5.74) is -2.19. The van der Waals surface area contributed by atoms with Gasteiger partial charge in [-0.15, -0.1) is 6.42 Å². The number of aromatic amines is 1. The molecule has 2 rings (SSSR count). The summed E-state index contributed by atoms with van der Waals surface area (Å²) in [6.07, 6.45) is 5.26. The second-order valence-corrected chi connectivity index (χ2v) is 4.69. The average Bonchev–Trinajstić information content (AvgIpc) is 2.76. The first-order valence-corrected chi connectivity index (χ1v) is 6.26. The van der Waals surface area contributed by atoms with Crippen LogP contribution in [-0.4, -0.2) is 38.1 Å². The highest BCUT2D eigenvalue weighted by atomic mass is 16.6. The molecular weight excluding hydrogens is 264 g/mol. The molecule has 1 aliphatic rings. The van der Waals surface area contributed by atoms with Crippen LogP contribution in [0.3, 0.4) is 0 Å². The van der Waals surface area contributed by atoms with Crippen LogP contribution in [0.15, 0.2) is 15.8 Å². The third kappa shape index (κ3) is 2.18. The predicted molar refractivity (Wildman–Crippen MR) is 70.1 cm³/mol. The van der Waals surface area contributed by atoms with Gasteiger partial charge >= 0.3 is 5.69 Å². The number of aromatic nitrogens is 2. The van der Waals surface area contributed by atoms with Crippen molar-refractivity contribution in [1.82, 2.24) is 9.55 Å². The molecule has 2 heterocycles. The van der Waals surface area contributed by atoms with Gasteiger partial charge in [-0.3, -0.25) is 14.3 Å². The first-order chi connectivity index (χ1) is 9.47. The molecule has 3 N–H and O–H groups in total. The van der Waals surface area contributed by atoms with Crippen LogP contribution in [-0.2, 0) is 11.2 Å². The van der Waals surface area contributed by atoms with Crippen LogP contribution in [0, 0.1) is 12.3 Å². The molecule has 20 heavy (non-hydrogen) atoms. The number of hydrogen-bond donors (Lipinski definition) is 3. The van der Waals surface area contributed by atoms with Crippen LogP contribution in [0.1, 0.15) is 25.1 Å². The number of aliphatic hydroxyl groups is 2. The van der Waals surface area contributed by atoms with Crippen molar-refractivity contribution in [1.29, 1.82) is 0 Å². The van der Waals surface area contributed by atoms with Crippen molar-refractivity contribution >= 4 is 0 Å². The summed E-state index contributed by atoms with van der Waals surface area (Å²) >= 11 is 0. The molecule has 0 saturated carbocycles. The Bertz CT molecular complexity index is 656. The smallest absolute Gasteiger partial charge is 0.330 e. The molecule has 1 aromatic heterocycles. The fourth-order valence-electron chi connectivity index (χ4n) is 2.23. The fraction of sp³-hybridized carbons (Fsp3) is 0.538. The topological polar surface area (TPSA) is 105 Å². The Kier molecular flexibility index (Phi) is 3.81. The highest BCUT2D eigenvalue weighted by Gasteiger charge is 2.47. The molecule has 1 aromatic rings. The van der Waals surface area contributed by atoms with Gasteiger partial charge in [-0.05, 0) is 6.42 Å². The van der Waals surface area contributed by atoms with Gasteiger partial charge in [-0.1, -0.05) is 12.8 Å². The SMILES string of the molecule is C#C[C@]1(CO)O[C@@H](n2cc(CC)c(=O)[nH]c2=O)C[C@@H]1O. The van der Waals surface area contributed by atoms with Gasteiger partial charge in [0.2, 0.25) is 0 Å². The van der Waals surface area contributed by atoms with Gasteiger partial charge in [0.15, 0.2) is 5.60 Å². The largest absolute Gasteiger partial charge is 0.392 e. The quantitative estimate of drug-likeness (QED) is 0.600. The minimum absolute atomic E-state index is 0.0554. The Hall–Kier alpha value is -1.88. The molecule has 7 nitrogen and oxygen atoms in total. The molecule has 1 fully saturated rings. The van der Waals surface area contributed by atoms with Crippen LogP contribution in [0.4, 0.5) is 0 Å². The Morgan fingerprint density at radius 3 is 2.85 bits per heavy atom. The maximum absolute atomic E-state index is 11.8. The zero-order valence-corrected chi connectivity index (χ0v) is 11.0. The lowest BCUT2D eigenvalue weighted by atomic mass is 9.99. The average molecular weight is 280 g/mol. The van der Waals surface area contributed by atoms with Crippen molar-refractivity contribution in [2.75, 3.05) is 6.61 Å². The van der Waals surface area contributed by atoms with Gasteiger partial charge < -0.3 is 14.9 Å². The number of rotatable bonds is 3. The molecular formula is C13H16N2O5. The van der Waals surface area contributed by atoms with E-state index in [-0.39, 0.29) is 6.42 Å². The van der Waals surface area contributed by atoms with Crippen molar-refractivity contribution in [3.63, 3.8) is 0 Å². The monoisotopic (exact) mass is 280 g/mol. The normalized spacial score (nSPS) is 29.3.